The number of nitrogens with one attached hydrogen (secondary N) is 1. The number of benzene rings is 1. The first-order valence-corrected chi connectivity index (χ1v) is 7.76. The molecule has 21 heavy (non-hydrogen) atoms. The number of aliphatic hydroxyl groups excluding tert-OH is 1. The van der Waals surface area contributed by atoms with E-state index in [0.717, 1.165) is 31.5 Å². The van der Waals surface area contributed by atoms with Crippen LogP contribution in [0.3, 0.4) is 0 Å². The summed E-state index contributed by atoms with van der Waals surface area (Å²) < 4.78 is 0. The quantitative estimate of drug-likeness (QED) is 0.865. The zero-order valence-electron chi connectivity index (χ0n) is 13.0. The van der Waals surface area contributed by atoms with Gasteiger partial charge in [-0.1, -0.05) is 30.3 Å². The molecule has 1 heterocycles. The second-order valence-corrected chi connectivity index (χ2v) is 6.06. The Labute approximate surface area is 127 Å². The van der Waals surface area contributed by atoms with Crippen LogP contribution in [0, 0.1) is 0 Å². The van der Waals surface area contributed by atoms with Crippen molar-refractivity contribution in [3.05, 3.63) is 35.9 Å². The molecule has 0 saturated carbocycles. The Kier molecular flexibility index (Phi) is 5.37. The van der Waals surface area contributed by atoms with Gasteiger partial charge in [0.25, 0.3) is 0 Å². The molecule has 1 atom stereocenters. The number of amides is 1. The maximum Gasteiger partial charge on any atom is 0.233 e. The van der Waals surface area contributed by atoms with Gasteiger partial charge in [0.05, 0.1) is 11.5 Å². The van der Waals surface area contributed by atoms with Gasteiger partial charge in [0.1, 0.15) is 0 Å². The van der Waals surface area contributed by atoms with Gasteiger partial charge < -0.3 is 15.3 Å². The van der Waals surface area contributed by atoms with Gasteiger partial charge in [0.2, 0.25) is 5.91 Å². The van der Waals surface area contributed by atoms with Crippen molar-refractivity contribution in [1.82, 2.24) is 10.2 Å². The maximum atomic E-state index is 13.0. The van der Waals surface area contributed by atoms with Crippen molar-refractivity contribution >= 4 is 5.91 Å². The van der Waals surface area contributed by atoms with Crippen molar-refractivity contribution < 1.29 is 9.90 Å². The normalized spacial score (nSPS) is 19.0. The van der Waals surface area contributed by atoms with E-state index in [1.807, 2.05) is 25.2 Å². The van der Waals surface area contributed by atoms with Gasteiger partial charge >= 0.3 is 0 Å². The van der Waals surface area contributed by atoms with Crippen molar-refractivity contribution in [3.8, 4) is 0 Å². The summed E-state index contributed by atoms with van der Waals surface area (Å²) in [6.07, 6.45) is 1.90. The number of hydrogen-bond acceptors (Lipinski definition) is 3. The molecule has 0 radical (unpaired) electrons. The molecule has 116 valence electrons. The van der Waals surface area contributed by atoms with Gasteiger partial charge in [-0.25, -0.2) is 0 Å². The molecule has 1 amide bonds. The first kappa shape index (κ1) is 16.0. The third-order valence-corrected chi connectivity index (χ3v) is 4.42. The first-order valence-electron chi connectivity index (χ1n) is 7.76. The highest BCUT2D eigenvalue weighted by Gasteiger charge is 2.42. The third kappa shape index (κ3) is 3.63. The van der Waals surface area contributed by atoms with E-state index in [2.05, 4.69) is 17.4 Å². The topological polar surface area (TPSA) is 52.6 Å². The molecule has 1 aliphatic rings. The van der Waals surface area contributed by atoms with Crippen LogP contribution in [0.15, 0.2) is 30.3 Å². The Bertz CT molecular complexity index is 453. The van der Waals surface area contributed by atoms with Gasteiger partial charge in [-0.3, -0.25) is 4.79 Å². The first-order chi connectivity index (χ1) is 10.1. The average molecular weight is 290 g/mol. The van der Waals surface area contributed by atoms with E-state index in [-0.39, 0.29) is 12.0 Å². The zero-order chi connectivity index (χ0) is 15.3. The van der Waals surface area contributed by atoms with E-state index >= 15 is 0 Å². The van der Waals surface area contributed by atoms with Crippen LogP contribution in [0.5, 0.6) is 0 Å². The fourth-order valence-electron chi connectivity index (χ4n) is 3.08. The van der Waals surface area contributed by atoms with Gasteiger partial charge in [-0.15, -0.1) is 0 Å². The molecule has 2 rings (SSSR count). The van der Waals surface area contributed by atoms with Crippen molar-refractivity contribution in [2.45, 2.75) is 37.7 Å². The summed E-state index contributed by atoms with van der Waals surface area (Å²) in [5.74, 6) is 0.177. The van der Waals surface area contributed by atoms with Gasteiger partial charge in [0, 0.05) is 13.6 Å². The summed E-state index contributed by atoms with van der Waals surface area (Å²) >= 11 is 0. The molecule has 1 unspecified atom stereocenters. The maximum absolute atomic E-state index is 13.0. The number of carbonyl (C=O) groups is 1. The largest absolute Gasteiger partial charge is 0.393 e. The van der Waals surface area contributed by atoms with Crippen molar-refractivity contribution in [2.24, 2.45) is 0 Å². The summed E-state index contributed by atoms with van der Waals surface area (Å²) in [4.78, 5) is 14.8. The minimum Gasteiger partial charge on any atom is -0.393 e. The minimum atomic E-state index is -0.417. The fourth-order valence-corrected chi connectivity index (χ4v) is 3.08. The predicted molar refractivity (Wildman–Crippen MR) is 84.2 cm³/mol. The van der Waals surface area contributed by atoms with Crippen LogP contribution in [0.1, 0.15) is 31.7 Å². The number of hydrogen-bond donors (Lipinski definition) is 2. The molecule has 1 fully saturated rings. The number of aliphatic hydroxyl groups is 1. The molecule has 2 N–H and O–H groups in total. The summed E-state index contributed by atoms with van der Waals surface area (Å²) in [6.45, 7) is 4.09. The fraction of sp³-hybridized carbons (Fsp3) is 0.588. The van der Waals surface area contributed by atoms with Gasteiger partial charge in [-0.2, -0.15) is 0 Å². The number of piperidine rings is 1. The van der Waals surface area contributed by atoms with Crippen LogP contribution in [0.25, 0.3) is 0 Å². The molecule has 0 aromatic heterocycles. The van der Waals surface area contributed by atoms with E-state index < -0.39 is 5.41 Å². The third-order valence-electron chi connectivity index (χ3n) is 4.42. The average Bonchev–Trinajstić information content (AvgIpc) is 2.53. The van der Waals surface area contributed by atoms with Crippen LogP contribution in [-0.4, -0.2) is 48.7 Å². The molecule has 0 bridgehead atoms. The SMILES string of the molecule is CC(O)CCN(C)C(=O)C1(c2ccccc2)CCNCC1. The minimum absolute atomic E-state index is 0.177. The molecule has 1 aromatic carbocycles. The van der Waals surface area contributed by atoms with Crippen LogP contribution < -0.4 is 5.32 Å². The van der Waals surface area contributed by atoms with Crippen molar-refractivity contribution in [1.29, 1.82) is 0 Å². The van der Waals surface area contributed by atoms with Crippen LogP contribution >= 0.6 is 0 Å². The molecule has 4 nitrogen and oxygen atoms in total. The van der Waals surface area contributed by atoms with E-state index in [9.17, 15) is 9.90 Å². The number of rotatable bonds is 5. The van der Waals surface area contributed by atoms with E-state index in [0.29, 0.717) is 13.0 Å². The lowest BCUT2D eigenvalue weighted by Gasteiger charge is -2.39. The van der Waals surface area contributed by atoms with E-state index in [4.69, 9.17) is 0 Å². The summed E-state index contributed by atoms with van der Waals surface area (Å²) in [5.41, 5.74) is 0.695. The van der Waals surface area contributed by atoms with Gasteiger partial charge in [0.15, 0.2) is 0 Å². The van der Waals surface area contributed by atoms with Crippen molar-refractivity contribution in [2.75, 3.05) is 26.7 Å². The van der Waals surface area contributed by atoms with Crippen LogP contribution in [0.4, 0.5) is 0 Å². The second-order valence-electron chi connectivity index (χ2n) is 6.06. The standard InChI is InChI=1S/C17H26N2O2/c1-14(20)8-13-19(2)16(21)17(9-11-18-12-10-17)15-6-4-3-5-7-15/h3-7,14,18,20H,8-13H2,1-2H3. The Morgan fingerprint density at radius 1 is 1.33 bits per heavy atom. The van der Waals surface area contributed by atoms with Crippen molar-refractivity contribution in [3.63, 3.8) is 0 Å². The lowest BCUT2D eigenvalue weighted by molar-refractivity contribution is -0.137. The Morgan fingerprint density at radius 3 is 2.52 bits per heavy atom. The summed E-state index contributed by atoms with van der Waals surface area (Å²) in [5, 5.41) is 12.8. The molecule has 1 aliphatic heterocycles. The highest BCUT2D eigenvalue weighted by molar-refractivity contribution is 5.88. The highest BCUT2D eigenvalue weighted by Crippen LogP contribution is 2.35. The lowest BCUT2D eigenvalue weighted by atomic mass is 9.72. The van der Waals surface area contributed by atoms with E-state index in [1.54, 1.807) is 11.8 Å². The Hall–Kier alpha value is -1.39. The zero-order valence-corrected chi connectivity index (χ0v) is 13.0. The lowest BCUT2D eigenvalue weighted by Crippen LogP contribution is -2.51. The molecule has 0 aliphatic carbocycles. The summed E-state index contributed by atoms with van der Waals surface area (Å²) in [7, 11) is 1.84. The predicted octanol–water partition coefficient (Wildman–Crippen LogP) is 1.54. The highest BCUT2D eigenvalue weighted by atomic mass is 16.3. The van der Waals surface area contributed by atoms with Crippen LogP contribution in [-0.2, 0) is 10.2 Å². The molecule has 0 spiro atoms. The Balaban J connectivity index is 2.21. The number of nitrogens with zero attached hydrogens (tertiary/aromatic N) is 1. The molecule has 4 heteroatoms. The molecular weight excluding hydrogens is 264 g/mol. The molecule has 1 aromatic rings. The molecular formula is C17H26N2O2. The monoisotopic (exact) mass is 290 g/mol. The van der Waals surface area contributed by atoms with Crippen LogP contribution in [0.2, 0.25) is 0 Å². The summed E-state index contributed by atoms with van der Waals surface area (Å²) in [6, 6.07) is 10.1. The van der Waals surface area contributed by atoms with Gasteiger partial charge in [-0.05, 0) is 44.8 Å². The number of carbonyl (C=O) groups excluding carboxylic acids is 1. The molecule has 1 saturated heterocycles. The van der Waals surface area contributed by atoms with E-state index in [1.165, 1.54) is 0 Å². The smallest absolute Gasteiger partial charge is 0.233 e. The second kappa shape index (κ2) is 7.05. The number of likely N-dealkylation sites (N-methyl/N-ethyl adjacent to an activating group) is 1. The Morgan fingerprint density at radius 2 is 1.95 bits per heavy atom.